The van der Waals surface area contributed by atoms with Gasteiger partial charge in [-0.05, 0) is 75.0 Å². The predicted octanol–water partition coefficient (Wildman–Crippen LogP) is 3.51. The van der Waals surface area contributed by atoms with Crippen LogP contribution in [0.1, 0.15) is 37.7 Å². The molecule has 1 aromatic rings. The molecule has 3 nitrogen and oxygen atoms in total. The van der Waals surface area contributed by atoms with E-state index in [9.17, 15) is 0 Å². The number of nitrogens with two attached hydrogens (primary N) is 1. The lowest BCUT2D eigenvalue weighted by Gasteiger charge is -2.36. The highest BCUT2D eigenvalue weighted by Gasteiger charge is 2.26. The van der Waals surface area contributed by atoms with Crippen molar-refractivity contribution in [2.75, 3.05) is 33.3 Å². The van der Waals surface area contributed by atoms with Gasteiger partial charge in [-0.1, -0.05) is 24.6 Å². The first-order valence-electron chi connectivity index (χ1n) is 7.95. The van der Waals surface area contributed by atoms with Crippen LogP contribution in [0.15, 0.2) is 18.2 Å². The Balaban J connectivity index is 2.05. The SMILES string of the molecule is CCCN1CCC(C(CN)c2ccc(OC)c(Cl)c2)CC1. The summed E-state index contributed by atoms with van der Waals surface area (Å²) in [7, 11) is 1.64. The van der Waals surface area contributed by atoms with Crippen molar-refractivity contribution < 1.29 is 4.74 Å². The highest BCUT2D eigenvalue weighted by atomic mass is 35.5. The number of nitrogens with zero attached hydrogens (tertiary/aromatic N) is 1. The number of halogens is 1. The van der Waals surface area contributed by atoms with Gasteiger partial charge in [0.2, 0.25) is 0 Å². The minimum atomic E-state index is 0.400. The molecule has 0 amide bonds. The lowest BCUT2D eigenvalue weighted by atomic mass is 9.80. The third-order valence-corrected chi connectivity index (χ3v) is 4.89. The van der Waals surface area contributed by atoms with E-state index in [0.29, 0.717) is 23.4 Å². The van der Waals surface area contributed by atoms with Gasteiger partial charge in [0.25, 0.3) is 0 Å². The Kier molecular flexibility index (Phi) is 6.34. The molecule has 1 atom stereocenters. The second-order valence-corrected chi connectivity index (χ2v) is 6.32. The van der Waals surface area contributed by atoms with Gasteiger partial charge in [-0.15, -0.1) is 0 Å². The van der Waals surface area contributed by atoms with E-state index >= 15 is 0 Å². The molecule has 0 aromatic heterocycles. The Morgan fingerprint density at radius 3 is 2.62 bits per heavy atom. The first kappa shape index (κ1) is 16.6. The molecule has 1 aliphatic rings. The van der Waals surface area contributed by atoms with Crippen molar-refractivity contribution >= 4 is 11.6 Å². The summed E-state index contributed by atoms with van der Waals surface area (Å²) >= 11 is 6.26. The Morgan fingerprint density at radius 2 is 2.10 bits per heavy atom. The van der Waals surface area contributed by atoms with Gasteiger partial charge in [0.1, 0.15) is 5.75 Å². The van der Waals surface area contributed by atoms with Gasteiger partial charge in [-0.3, -0.25) is 0 Å². The Labute approximate surface area is 133 Å². The largest absolute Gasteiger partial charge is 0.495 e. The van der Waals surface area contributed by atoms with E-state index < -0.39 is 0 Å². The number of hydrogen-bond acceptors (Lipinski definition) is 3. The normalized spacial score (nSPS) is 18.7. The molecule has 1 saturated heterocycles. The summed E-state index contributed by atoms with van der Waals surface area (Å²) in [6.45, 7) is 6.53. The van der Waals surface area contributed by atoms with E-state index in [1.165, 1.54) is 44.5 Å². The van der Waals surface area contributed by atoms with Crippen LogP contribution in [-0.2, 0) is 0 Å². The number of likely N-dealkylation sites (tertiary alicyclic amines) is 1. The van der Waals surface area contributed by atoms with Gasteiger partial charge in [-0.2, -0.15) is 0 Å². The molecule has 0 saturated carbocycles. The van der Waals surface area contributed by atoms with E-state index in [1.807, 2.05) is 12.1 Å². The van der Waals surface area contributed by atoms with Crippen molar-refractivity contribution in [3.8, 4) is 5.75 Å². The maximum Gasteiger partial charge on any atom is 0.137 e. The Hall–Kier alpha value is -0.770. The van der Waals surface area contributed by atoms with Crippen LogP contribution in [0.5, 0.6) is 5.75 Å². The van der Waals surface area contributed by atoms with Crippen molar-refractivity contribution in [2.24, 2.45) is 11.7 Å². The fourth-order valence-electron chi connectivity index (χ4n) is 3.41. The molecule has 1 unspecified atom stereocenters. The van der Waals surface area contributed by atoms with Crippen molar-refractivity contribution in [2.45, 2.75) is 32.1 Å². The highest BCUT2D eigenvalue weighted by Crippen LogP contribution is 2.35. The molecule has 1 aliphatic heterocycles. The van der Waals surface area contributed by atoms with Gasteiger partial charge in [0.15, 0.2) is 0 Å². The molecule has 0 aliphatic carbocycles. The number of piperidine rings is 1. The van der Waals surface area contributed by atoms with Gasteiger partial charge in [-0.25, -0.2) is 0 Å². The maximum absolute atomic E-state index is 6.26. The molecule has 2 N–H and O–H groups in total. The summed E-state index contributed by atoms with van der Waals surface area (Å²) in [5.74, 6) is 1.79. The number of rotatable bonds is 6. The van der Waals surface area contributed by atoms with Crippen LogP contribution in [0, 0.1) is 5.92 Å². The average molecular weight is 311 g/mol. The quantitative estimate of drug-likeness (QED) is 0.874. The summed E-state index contributed by atoms with van der Waals surface area (Å²) in [4.78, 5) is 2.56. The van der Waals surface area contributed by atoms with Gasteiger partial charge >= 0.3 is 0 Å². The van der Waals surface area contributed by atoms with Crippen LogP contribution in [0.25, 0.3) is 0 Å². The maximum atomic E-state index is 6.26. The fourth-order valence-corrected chi connectivity index (χ4v) is 3.68. The molecule has 2 rings (SSSR count). The highest BCUT2D eigenvalue weighted by molar-refractivity contribution is 6.32. The zero-order chi connectivity index (χ0) is 15.2. The standard InChI is InChI=1S/C17H27ClN2O/c1-3-8-20-9-6-13(7-10-20)15(12-19)14-4-5-17(21-2)16(18)11-14/h4-5,11,13,15H,3,6-10,12,19H2,1-2H3. The van der Waals surface area contributed by atoms with Crippen molar-refractivity contribution in [1.29, 1.82) is 0 Å². The fraction of sp³-hybridized carbons (Fsp3) is 0.647. The smallest absolute Gasteiger partial charge is 0.137 e. The molecule has 1 heterocycles. The van der Waals surface area contributed by atoms with E-state index in [1.54, 1.807) is 7.11 Å². The number of methoxy groups -OCH3 is 1. The molecule has 1 fully saturated rings. The summed E-state index contributed by atoms with van der Waals surface area (Å²) < 4.78 is 5.23. The third-order valence-electron chi connectivity index (χ3n) is 4.60. The molecule has 1 aromatic carbocycles. The molecular formula is C17H27ClN2O. The average Bonchev–Trinajstić information content (AvgIpc) is 2.50. The van der Waals surface area contributed by atoms with Crippen molar-refractivity contribution in [3.63, 3.8) is 0 Å². The van der Waals surface area contributed by atoms with Crippen LogP contribution >= 0.6 is 11.6 Å². The molecule has 0 spiro atoms. The Bertz CT molecular complexity index is 444. The topological polar surface area (TPSA) is 38.5 Å². The van der Waals surface area contributed by atoms with Crippen LogP contribution in [0.4, 0.5) is 0 Å². The molecule has 118 valence electrons. The minimum Gasteiger partial charge on any atom is -0.495 e. The molecular weight excluding hydrogens is 284 g/mol. The molecule has 0 radical (unpaired) electrons. The van der Waals surface area contributed by atoms with E-state index in [4.69, 9.17) is 22.1 Å². The van der Waals surface area contributed by atoms with Gasteiger partial charge < -0.3 is 15.4 Å². The predicted molar refractivity (Wildman–Crippen MR) is 89.3 cm³/mol. The Morgan fingerprint density at radius 1 is 1.38 bits per heavy atom. The second kappa shape index (κ2) is 8.02. The second-order valence-electron chi connectivity index (χ2n) is 5.92. The van der Waals surface area contributed by atoms with Crippen LogP contribution in [0.3, 0.4) is 0 Å². The van der Waals surface area contributed by atoms with E-state index in [0.717, 1.165) is 5.75 Å². The summed E-state index contributed by atoms with van der Waals surface area (Å²) in [5, 5.41) is 0.678. The van der Waals surface area contributed by atoms with Crippen LogP contribution in [0.2, 0.25) is 5.02 Å². The molecule has 4 heteroatoms. The first-order valence-corrected chi connectivity index (χ1v) is 8.33. The van der Waals surface area contributed by atoms with E-state index in [-0.39, 0.29) is 0 Å². The number of hydrogen-bond donors (Lipinski definition) is 1. The van der Waals surface area contributed by atoms with E-state index in [2.05, 4.69) is 17.9 Å². The zero-order valence-electron chi connectivity index (χ0n) is 13.1. The first-order chi connectivity index (χ1) is 10.2. The van der Waals surface area contributed by atoms with Crippen LogP contribution in [-0.4, -0.2) is 38.2 Å². The number of ether oxygens (including phenoxy) is 1. The summed E-state index contributed by atoms with van der Waals surface area (Å²) in [6.07, 6.45) is 3.69. The monoisotopic (exact) mass is 310 g/mol. The third kappa shape index (κ3) is 4.12. The summed E-state index contributed by atoms with van der Waals surface area (Å²) in [5.41, 5.74) is 7.31. The summed E-state index contributed by atoms with van der Waals surface area (Å²) in [6, 6.07) is 6.09. The minimum absolute atomic E-state index is 0.400. The zero-order valence-corrected chi connectivity index (χ0v) is 13.9. The molecule has 21 heavy (non-hydrogen) atoms. The van der Waals surface area contributed by atoms with Crippen molar-refractivity contribution in [3.05, 3.63) is 28.8 Å². The van der Waals surface area contributed by atoms with Crippen molar-refractivity contribution in [1.82, 2.24) is 4.90 Å². The lowest BCUT2D eigenvalue weighted by molar-refractivity contribution is 0.169. The van der Waals surface area contributed by atoms with Gasteiger partial charge in [0, 0.05) is 0 Å². The lowest BCUT2D eigenvalue weighted by Crippen LogP contribution is -2.37. The van der Waals surface area contributed by atoms with Crippen LogP contribution < -0.4 is 10.5 Å². The van der Waals surface area contributed by atoms with Gasteiger partial charge in [0.05, 0.1) is 12.1 Å². The number of benzene rings is 1. The molecule has 0 bridgehead atoms.